The van der Waals surface area contributed by atoms with Crippen LogP contribution in [0.2, 0.25) is 0 Å². The Balaban J connectivity index is 1.56. The summed E-state index contributed by atoms with van der Waals surface area (Å²) < 4.78 is 0. The Bertz CT molecular complexity index is 384. The van der Waals surface area contributed by atoms with E-state index in [2.05, 4.69) is 17.1 Å². The average Bonchev–Trinajstić information content (AvgIpc) is 2.77. The molecule has 4 aliphatic carbocycles. The summed E-state index contributed by atoms with van der Waals surface area (Å²) in [5.74, 6) is 3.28. The third kappa shape index (κ3) is 1.78. The minimum absolute atomic E-state index is 0.0753. The molecule has 2 atom stereocenters. The molecule has 0 aromatic rings. The fourth-order valence-electron chi connectivity index (χ4n) is 6.37. The molecule has 0 aromatic carbocycles. The van der Waals surface area contributed by atoms with Crippen LogP contribution in [0.1, 0.15) is 51.9 Å². The smallest absolute Gasteiger partial charge is 0.240 e. The lowest BCUT2D eigenvalue weighted by molar-refractivity contribution is -0.141. The summed E-state index contributed by atoms with van der Waals surface area (Å²) >= 11 is 0. The molecule has 1 aliphatic heterocycles. The molecule has 3 heteroatoms. The summed E-state index contributed by atoms with van der Waals surface area (Å²) in [6.07, 6.45) is 9.64. The molecule has 0 aromatic heterocycles. The van der Waals surface area contributed by atoms with E-state index in [4.69, 9.17) is 0 Å². The van der Waals surface area contributed by atoms with Crippen LogP contribution in [0.25, 0.3) is 0 Å². The van der Waals surface area contributed by atoms with Gasteiger partial charge in [-0.2, -0.15) is 0 Å². The van der Waals surface area contributed by atoms with Gasteiger partial charge in [0.25, 0.3) is 0 Å². The van der Waals surface area contributed by atoms with E-state index >= 15 is 0 Å². The Morgan fingerprint density at radius 3 is 2.15 bits per heavy atom. The van der Waals surface area contributed by atoms with Gasteiger partial charge in [-0.05, 0) is 82.1 Å². The van der Waals surface area contributed by atoms with E-state index in [9.17, 15) is 4.79 Å². The van der Waals surface area contributed by atoms with Crippen molar-refractivity contribution in [2.45, 2.75) is 64.0 Å². The largest absolute Gasteiger partial charge is 0.338 e. The quantitative estimate of drug-likeness (QED) is 0.858. The van der Waals surface area contributed by atoms with Crippen molar-refractivity contribution in [2.24, 2.45) is 23.2 Å². The van der Waals surface area contributed by atoms with Crippen molar-refractivity contribution in [3.63, 3.8) is 0 Å². The molecule has 20 heavy (non-hydrogen) atoms. The number of hydrogen-bond donors (Lipinski definition) is 1. The first-order chi connectivity index (χ1) is 9.61. The van der Waals surface area contributed by atoms with Gasteiger partial charge in [0, 0.05) is 12.6 Å². The summed E-state index contributed by atoms with van der Waals surface area (Å²) in [4.78, 5) is 14.8. The third-order valence-corrected chi connectivity index (χ3v) is 7.03. The van der Waals surface area contributed by atoms with Crippen molar-refractivity contribution >= 4 is 5.91 Å². The van der Waals surface area contributed by atoms with Gasteiger partial charge in [-0.25, -0.2) is 0 Å². The number of amides is 1. The molecule has 112 valence electrons. The summed E-state index contributed by atoms with van der Waals surface area (Å²) in [7, 11) is 1.92. The Morgan fingerprint density at radius 2 is 1.70 bits per heavy atom. The first-order valence-corrected chi connectivity index (χ1v) is 8.59. The highest BCUT2D eigenvalue weighted by Gasteiger charge is 2.55. The van der Waals surface area contributed by atoms with Crippen LogP contribution in [-0.2, 0) is 4.79 Å². The van der Waals surface area contributed by atoms with E-state index in [0.717, 1.165) is 30.7 Å². The lowest BCUT2D eigenvalue weighted by atomic mass is 9.47. The molecule has 2 unspecified atom stereocenters. The zero-order chi connectivity index (χ0) is 13.9. The van der Waals surface area contributed by atoms with Crippen LogP contribution in [0.4, 0.5) is 0 Å². The average molecular weight is 276 g/mol. The molecule has 5 fully saturated rings. The molecular formula is C17H28N2O. The van der Waals surface area contributed by atoms with Crippen molar-refractivity contribution in [2.75, 3.05) is 13.6 Å². The summed E-state index contributed by atoms with van der Waals surface area (Å²) in [5.41, 5.74) is 0.465. The van der Waals surface area contributed by atoms with Gasteiger partial charge >= 0.3 is 0 Å². The molecule has 5 rings (SSSR count). The minimum atomic E-state index is 0.0753. The predicted octanol–water partition coefficient (Wildman–Crippen LogP) is 2.41. The lowest BCUT2D eigenvalue weighted by Gasteiger charge is -2.60. The summed E-state index contributed by atoms with van der Waals surface area (Å²) in [6.45, 7) is 3.32. The van der Waals surface area contributed by atoms with Crippen molar-refractivity contribution in [1.29, 1.82) is 0 Å². The summed E-state index contributed by atoms with van der Waals surface area (Å²) in [6, 6.07) is 0.535. The molecule has 3 nitrogen and oxygen atoms in total. The molecule has 1 amide bonds. The second-order valence-electron chi connectivity index (χ2n) is 8.12. The van der Waals surface area contributed by atoms with Crippen LogP contribution in [0.15, 0.2) is 0 Å². The number of carbonyl (C=O) groups is 1. The van der Waals surface area contributed by atoms with Crippen LogP contribution >= 0.6 is 0 Å². The first kappa shape index (κ1) is 13.1. The van der Waals surface area contributed by atoms with Gasteiger partial charge in [0.15, 0.2) is 0 Å². The number of likely N-dealkylation sites (N-methyl/N-ethyl adjacent to an activating group) is 1. The Labute approximate surface area is 122 Å². The van der Waals surface area contributed by atoms with Crippen molar-refractivity contribution in [3.05, 3.63) is 0 Å². The Kier molecular flexibility index (Phi) is 2.93. The fraction of sp³-hybridized carbons (Fsp3) is 0.941. The van der Waals surface area contributed by atoms with Crippen LogP contribution in [-0.4, -0.2) is 36.5 Å². The number of nitrogens with zero attached hydrogens (tertiary/aromatic N) is 1. The van der Waals surface area contributed by atoms with Gasteiger partial charge in [0.2, 0.25) is 5.91 Å². The van der Waals surface area contributed by atoms with Crippen LogP contribution < -0.4 is 5.32 Å². The SMILES string of the molecule is CNC1CCN(C(C)C23CC4CC(CC(C4)C2)C3)C1=O. The van der Waals surface area contributed by atoms with E-state index in [1.807, 2.05) is 7.05 Å². The molecule has 0 radical (unpaired) electrons. The first-order valence-electron chi connectivity index (χ1n) is 8.59. The molecule has 1 saturated heterocycles. The highest BCUT2D eigenvalue weighted by atomic mass is 16.2. The van der Waals surface area contributed by atoms with E-state index < -0.39 is 0 Å². The number of carbonyl (C=O) groups excluding carboxylic acids is 1. The van der Waals surface area contributed by atoms with Crippen molar-refractivity contribution < 1.29 is 4.79 Å². The van der Waals surface area contributed by atoms with Crippen LogP contribution in [0.3, 0.4) is 0 Å². The van der Waals surface area contributed by atoms with Crippen LogP contribution in [0.5, 0.6) is 0 Å². The van der Waals surface area contributed by atoms with Crippen molar-refractivity contribution in [1.82, 2.24) is 10.2 Å². The maximum Gasteiger partial charge on any atom is 0.240 e. The predicted molar refractivity (Wildman–Crippen MR) is 79.2 cm³/mol. The molecule has 1 N–H and O–H groups in total. The van der Waals surface area contributed by atoms with Gasteiger partial charge in [0.05, 0.1) is 6.04 Å². The second-order valence-corrected chi connectivity index (χ2v) is 8.12. The number of likely N-dealkylation sites (tertiary alicyclic amines) is 1. The standard InChI is InChI=1S/C17H28N2O/c1-11(19-4-3-15(18-2)16(19)20)17-8-12-5-13(9-17)7-14(6-12)10-17/h11-15,18H,3-10H2,1-2H3. The van der Waals surface area contributed by atoms with E-state index in [0.29, 0.717) is 17.4 Å². The minimum Gasteiger partial charge on any atom is -0.338 e. The highest BCUT2D eigenvalue weighted by Crippen LogP contribution is 2.62. The zero-order valence-electron chi connectivity index (χ0n) is 12.9. The van der Waals surface area contributed by atoms with Gasteiger partial charge in [-0.1, -0.05) is 0 Å². The number of rotatable bonds is 3. The fourth-order valence-corrected chi connectivity index (χ4v) is 6.37. The summed E-state index contributed by atoms with van der Waals surface area (Å²) in [5, 5.41) is 3.18. The molecule has 1 heterocycles. The van der Waals surface area contributed by atoms with E-state index in [1.54, 1.807) is 0 Å². The molecular weight excluding hydrogens is 248 g/mol. The topological polar surface area (TPSA) is 32.3 Å². The monoisotopic (exact) mass is 276 g/mol. The maximum atomic E-state index is 12.5. The molecule has 4 bridgehead atoms. The highest BCUT2D eigenvalue weighted by molar-refractivity contribution is 5.84. The molecule has 5 aliphatic rings. The lowest BCUT2D eigenvalue weighted by Crippen LogP contribution is -2.56. The van der Waals surface area contributed by atoms with Crippen LogP contribution in [0, 0.1) is 23.2 Å². The number of hydrogen-bond acceptors (Lipinski definition) is 2. The second kappa shape index (κ2) is 4.46. The zero-order valence-corrected chi connectivity index (χ0v) is 12.9. The van der Waals surface area contributed by atoms with Gasteiger partial charge in [0.1, 0.15) is 0 Å². The van der Waals surface area contributed by atoms with Gasteiger partial charge < -0.3 is 10.2 Å². The number of nitrogens with one attached hydrogen (secondary N) is 1. The van der Waals surface area contributed by atoms with E-state index in [1.165, 1.54) is 38.5 Å². The molecule has 0 spiro atoms. The maximum absolute atomic E-state index is 12.5. The van der Waals surface area contributed by atoms with Crippen molar-refractivity contribution in [3.8, 4) is 0 Å². The normalized spacial score (nSPS) is 48.1. The Morgan fingerprint density at radius 1 is 1.15 bits per heavy atom. The van der Waals surface area contributed by atoms with Gasteiger partial charge in [-0.3, -0.25) is 4.79 Å². The van der Waals surface area contributed by atoms with E-state index in [-0.39, 0.29) is 6.04 Å². The van der Waals surface area contributed by atoms with Gasteiger partial charge in [-0.15, -0.1) is 0 Å². The third-order valence-electron chi connectivity index (χ3n) is 7.03. The Hall–Kier alpha value is -0.570. The molecule has 4 saturated carbocycles.